The van der Waals surface area contributed by atoms with Gasteiger partial charge < -0.3 is 10.2 Å². The maximum Gasteiger partial charge on any atom is 0.328 e. The van der Waals surface area contributed by atoms with Gasteiger partial charge in [-0.15, -0.1) is 0 Å². The summed E-state index contributed by atoms with van der Waals surface area (Å²) in [5, 5.41) is 17.7. The number of unbranched alkanes of at least 4 members (excludes halogenated alkanes) is 2. The Labute approximate surface area is 118 Å². The molecule has 118 valence electrons. The van der Waals surface area contributed by atoms with E-state index in [0.717, 1.165) is 12.8 Å². The van der Waals surface area contributed by atoms with Gasteiger partial charge in [0, 0.05) is 0 Å². The molecule has 1 unspecified atom stereocenters. The predicted octanol–water partition coefficient (Wildman–Crippen LogP) is 1.78. The van der Waals surface area contributed by atoms with Crippen LogP contribution in [0, 0.1) is 5.92 Å². The molecule has 0 aliphatic heterocycles. The van der Waals surface area contributed by atoms with Crippen LogP contribution in [-0.4, -0.2) is 39.9 Å². The molecule has 0 saturated heterocycles. The van der Waals surface area contributed by atoms with Crippen LogP contribution in [0.2, 0.25) is 0 Å². The van der Waals surface area contributed by atoms with Crippen LogP contribution in [0.1, 0.15) is 52.4 Å². The van der Waals surface area contributed by atoms with Crippen LogP contribution in [0.3, 0.4) is 0 Å². The molecule has 0 heterocycles. The molecule has 7 nitrogen and oxygen atoms in total. The number of rotatable bonds is 10. The highest BCUT2D eigenvalue weighted by Gasteiger charge is 2.51. The monoisotopic (exact) mass is 310 g/mol. The Balaban J connectivity index is 4.87. The second kappa shape index (κ2) is 7.58. The summed E-state index contributed by atoms with van der Waals surface area (Å²) in [5.74, 6) is -2.92. The van der Waals surface area contributed by atoms with Gasteiger partial charge in [-0.3, -0.25) is 14.1 Å². The van der Waals surface area contributed by atoms with Gasteiger partial charge in [0.2, 0.25) is 4.75 Å². The van der Waals surface area contributed by atoms with Gasteiger partial charge in [0.15, 0.2) is 0 Å². The van der Waals surface area contributed by atoms with Crippen LogP contribution in [0.15, 0.2) is 0 Å². The van der Waals surface area contributed by atoms with Crippen molar-refractivity contribution in [1.29, 1.82) is 0 Å². The van der Waals surface area contributed by atoms with Gasteiger partial charge in [0.05, 0.1) is 6.42 Å². The van der Waals surface area contributed by atoms with Crippen LogP contribution in [0.25, 0.3) is 0 Å². The fraction of sp³-hybridized carbons (Fsp3) is 0.833. The first kappa shape index (κ1) is 18.9. The largest absolute Gasteiger partial charge is 0.481 e. The molecule has 0 fully saturated rings. The van der Waals surface area contributed by atoms with Crippen molar-refractivity contribution >= 4 is 22.1 Å². The topological polar surface area (TPSA) is 129 Å². The third-order valence-electron chi connectivity index (χ3n) is 3.18. The highest BCUT2D eigenvalue weighted by molar-refractivity contribution is 7.88. The van der Waals surface area contributed by atoms with E-state index < -0.39 is 39.6 Å². The van der Waals surface area contributed by atoms with Crippen molar-refractivity contribution in [3.05, 3.63) is 0 Å². The molecule has 0 aliphatic carbocycles. The molecule has 0 aromatic carbocycles. The van der Waals surface area contributed by atoms with Gasteiger partial charge >= 0.3 is 11.9 Å². The Hall–Kier alpha value is -1.15. The summed E-state index contributed by atoms with van der Waals surface area (Å²) in [5.41, 5.74) is 0. The van der Waals surface area contributed by atoms with Crippen molar-refractivity contribution in [3.63, 3.8) is 0 Å². The normalized spacial score (nSPS) is 15.0. The lowest BCUT2D eigenvalue weighted by Gasteiger charge is -2.24. The lowest BCUT2D eigenvalue weighted by atomic mass is 9.95. The Morgan fingerprint density at radius 2 is 1.65 bits per heavy atom. The average molecular weight is 310 g/mol. The Bertz CT molecular complexity index is 441. The molecule has 0 rings (SSSR count). The lowest BCUT2D eigenvalue weighted by molar-refractivity contribution is -0.147. The molecule has 0 amide bonds. The van der Waals surface area contributed by atoms with Crippen molar-refractivity contribution in [2.45, 2.75) is 57.1 Å². The highest BCUT2D eigenvalue weighted by Crippen LogP contribution is 2.29. The summed E-state index contributed by atoms with van der Waals surface area (Å²) in [6, 6.07) is 0. The second-order valence-corrected chi connectivity index (χ2v) is 7.07. The molecule has 1 atom stereocenters. The molecule has 0 saturated carbocycles. The molecule has 0 bridgehead atoms. The van der Waals surface area contributed by atoms with Crippen molar-refractivity contribution in [2.24, 2.45) is 5.92 Å². The SMILES string of the molecule is CC(C)CCCCCC(CC(=O)O)(C(=O)O)S(=O)(=O)O. The van der Waals surface area contributed by atoms with Crippen LogP contribution < -0.4 is 0 Å². The molecule has 20 heavy (non-hydrogen) atoms. The fourth-order valence-electron chi connectivity index (χ4n) is 1.99. The zero-order valence-corrected chi connectivity index (χ0v) is 12.5. The van der Waals surface area contributed by atoms with E-state index in [-0.39, 0.29) is 6.42 Å². The van der Waals surface area contributed by atoms with Gasteiger partial charge in [-0.25, -0.2) is 0 Å². The van der Waals surface area contributed by atoms with Crippen LogP contribution in [0.5, 0.6) is 0 Å². The predicted molar refractivity (Wildman–Crippen MR) is 72.1 cm³/mol. The molecule has 3 N–H and O–H groups in total. The van der Waals surface area contributed by atoms with E-state index >= 15 is 0 Å². The minimum atomic E-state index is -5.00. The van der Waals surface area contributed by atoms with Gasteiger partial charge in [-0.2, -0.15) is 8.42 Å². The third kappa shape index (κ3) is 5.46. The fourth-order valence-corrected chi connectivity index (χ4v) is 2.91. The number of aliphatic carboxylic acids is 2. The summed E-state index contributed by atoms with van der Waals surface area (Å²) in [4.78, 5) is 21.9. The van der Waals surface area contributed by atoms with E-state index in [2.05, 4.69) is 0 Å². The number of hydrogen-bond acceptors (Lipinski definition) is 4. The number of carboxylic acids is 2. The van der Waals surface area contributed by atoms with Crippen LogP contribution in [0.4, 0.5) is 0 Å². The van der Waals surface area contributed by atoms with Gasteiger partial charge in [0.25, 0.3) is 10.1 Å². The van der Waals surface area contributed by atoms with E-state index in [0.29, 0.717) is 12.3 Å². The van der Waals surface area contributed by atoms with E-state index in [9.17, 15) is 18.0 Å². The highest BCUT2D eigenvalue weighted by atomic mass is 32.2. The number of hydrogen-bond donors (Lipinski definition) is 3. The number of carboxylic acid groups (broad SMARTS) is 2. The second-order valence-electron chi connectivity index (χ2n) is 5.34. The molecule has 0 aliphatic rings. The van der Waals surface area contributed by atoms with E-state index in [1.54, 1.807) is 0 Å². The maximum absolute atomic E-state index is 11.3. The Morgan fingerprint density at radius 1 is 1.10 bits per heavy atom. The van der Waals surface area contributed by atoms with Gasteiger partial charge in [0.1, 0.15) is 0 Å². The van der Waals surface area contributed by atoms with Gasteiger partial charge in [-0.1, -0.05) is 39.5 Å². The molecular weight excluding hydrogens is 288 g/mol. The van der Waals surface area contributed by atoms with Crippen LogP contribution >= 0.6 is 0 Å². The lowest BCUT2D eigenvalue weighted by Crippen LogP contribution is -2.48. The Kier molecular flexibility index (Phi) is 7.15. The minimum Gasteiger partial charge on any atom is -0.481 e. The Morgan fingerprint density at radius 3 is 2.00 bits per heavy atom. The standard InChI is InChI=1S/C12H22O7S/c1-9(2)6-4-3-5-7-12(11(15)16,8-10(13)14)20(17,18)19/h9H,3-8H2,1-2H3,(H,13,14)(H,15,16)(H,17,18,19). The summed E-state index contributed by atoms with van der Waals surface area (Å²) < 4.78 is 29.1. The molecule has 0 radical (unpaired) electrons. The quantitative estimate of drug-likeness (QED) is 0.414. The van der Waals surface area contributed by atoms with Crippen molar-refractivity contribution < 1.29 is 32.8 Å². The summed E-state index contributed by atoms with van der Waals surface area (Å²) in [7, 11) is -5.00. The van der Waals surface area contributed by atoms with Crippen LogP contribution in [-0.2, 0) is 19.7 Å². The smallest absolute Gasteiger partial charge is 0.328 e. The first-order valence-corrected chi connectivity index (χ1v) is 7.89. The van der Waals surface area contributed by atoms with E-state index in [1.165, 1.54) is 0 Å². The maximum atomic E-state index is 11.3. The van der Waals surface area contributed by atoms with E-state index in [1.807, 2.05) is 13.8 Å². The number of carbonyl (C=O) groups is 2. The first-order valence-electron chi connectivity index (χ1n) is 6.45. The summed E-state index contributed by atoms with van der Waals surface area (Å²) in [6.07, 6.45) is 0.974. The third-order valence-corrected chi connectivity index (χ3v) is 4.69. The van der Waals surface area contributed by atoms with Crippen molar-refractivity contribution in [2.75, 3.05) is 0 Å². The zero-order chi connectivity index (χ0) is 16.0. The summed E-state index contributed by atoms with van der Waals surface area (Å²) >= 11 is 0. The van der Waals surface area contributed by atoms with Crippen molar-refractivity contribution in [1.82, 2.24) is 0 Å². The average Bonchev–Trinajstić information content (AvgIpc) is 2.23. The molecule has 0 aromatic rings. The zero-order valence-electron chi connectivity index (χ0n) is 11.7. The summed E-state index contributed by atoms with van der Waals surface area (Å²) in [6.45, 7) is 4.06. The molecule has 0 spiro atoms. The van der Waals surface area contributed by atoms with Crippen molar-refractivity contribution in [3.8, 4) is 0 Å². The minimum absolute atomic E-state index is 0.228. The first-order chi connectivity index (χ1) is 9.03. The molecule has 0 aromatic heterocycles. The van der Waals surface area contributed by atoms with Gasteiger partial charge in [-0.05, 0) is 12.3 Å². The molecule has 8 heteroatoms. The van der Waals surface area contributed by atoms with E-state index in [4.69, 9.17) is 14.8 Å². The molecular formula is C12H22O7S.